The first-order chi connectivity index (χ1) is 4.85. The molecule has 0 aliphatic heterocycles. The molecular weight excluding hydrogens is 132 g/mol. The molecule has 62 valence electrons. The van der Waals surface area contributed by atoms with Crippen LogP contribution >= 0.6 is 0 Å². The van der Waals surface area contributed by atoms with Crippen molar-refractivity contribution in [2.75, 3.05) is 33.4 Å². The zero-order valence-corrected chi connectivity index (χ0v) is 6.38. The summed E-state index contributed by atoms with van der Waals surface area (Å²) in [6.45, 7) is 2.10. The van der Waals surface area contributed by atoms with Crippen LogP contribution in [0.4, 0.5) is 0 Å². The molecule has 0 heterocycles. The Hall–Kier alpha value is -0.160. The lowest BCUT2D eigenvalue weighted by molar-refractivity contribution is 0.0260. The molecule has 0 spiro atoms. The van der Waals surface area contributed by atoms with Crippen molar-refractivity contribution in [2.45, 2.75) is 6.10 Å². The minimum atomic E-state index is -0.0184. The number of nitrogens with two attached hydrogens (primary N) is 2. The molecule has 0 atom stereocenters. The minimum absolute atomic E-state index is 0.0184. The lowest BCUT2D eigenvalue weighted by Crippen LogP contribution is -2.32. The van der Waals surface area contributed by atoms with Crippen LogP contribution in [0.25, 0.3) is 0 Å². The molecule has 4 heteroatoms. The molecule has 0 aromatic rings. The SMILES string of the molecule is COCCOC(CN)CN. The van der Waals surface area contributed by atoms with E-state index in [0.717, 1.165) is 0 Å². The van der Waals surface area contributed by atoms with E-state index in [-0.39, 0.29) is 6.10 Å². The Morgan fingerprint density at radius 1 is 1.20 bits per heavy atom. The van der Waals surface area contributed by atoms with E-state index >= 15 is 0 Å². The van der Waals surface area contributed by atoms with Crippen molar-refractivity contribution in [3.8, 4) is 0 Å². The third-order valence-electron chi connectivity index (χ3n) is 1.17. The summed E-state index contributed by atoms with van der Waals surface area (Å²) in [5.41, 5.74) is 10.6. The van der Waals surface area contributed by atoms with E-state index in [1.54, 1.807) is 7.11 Å². The van der Waals surface area contributed by atoms with E-state index in [0.29, 0.717) is 26.3 Å². The van der Waals surface area contributed by atoms with Crippen molar-refractivity contribution < 1.29 is 9.47 Å². The summed E-state index contributed by atoms with van der Waals surface area (Å²) >= 11 is 0. The third kappa shape index (κ3) is 4.69. The van der Waals surface area contributed by atoms with E-state index in [1.807, 2.05) is 0 Å². The summed E-state index contributed by atoms with van der Waals surface area (Å²) in [6.07, 6.45) is -0.0184. The Labute approximate surface area is 61.5 Å². The fraction of sp³-hybridized carbons (Fsp3) is 1.00. The van der Waals surface area contributed by atoms with Crippen LogP contribution in [0.3, 0.4) is 0 Å². The van der Waals surface area contributed by atoms with Gasteiger partial charge in [0.15, 0.2) is 0 Å². The number of rotatable bonds is 6. The van der Waals surface area contributed by atoms with E-state index < -0.39 is 0 Å². The normalized spacial score (nSPS) is 10.8. The third-order valence-corrected chi connectivity index (χ3v) is 1.17. The van der Waals surface area contributed by atoms with Crippen LogP contribution in [0, 0.1) is 0 Å². The zero-order chi connectivity index (χ0) is 7.82. The van der Waals surface area contributed by atoms with Crippen molar-refractivity contribution in [3.05, 3.63) is 0 Å². The van der Waals surface area contributed by atoms with E-state index in [2.05, 4.69) is 0 Å². The summed E-state index contributed by atoms with van der Waals surface area (Å²) in [6, 6.07) is 0. The number of ether oxygens (including phenoxy) is 2. The second-order valence-electron chi connectivity index (χ2n) is 1.96. The fourth-order valence-corrected chi connectivity index (χ4v) is 0.530. The Bertz CT molecular complexity index is 66.8. The van der Waals surface area contributed by atoms with Gasteiger partial charge in [-0.2, -0.15) is 0 Å². The van der Waals surface area contributed by atoms with Gasteiger partial charge in [0.2, 0.25) is 0 Å². The van der Waals surface area contributed by atoms with Gasteiger partial charge in [-0.15, -0.1) is 0 Å². The van der Waals surface area contributed by atoms with Gasteiger partial charge >= 0.3 is 0 Å². The van der Waals surface area contributed by atoms with Crippen molar-refractivity contribution >= 4 is 0 Å². The molecule has 0 fully saturated rings. The molecule has 0 aromatic heterocycles. The fourth-order valence-electron chi connectivity index (χ4n) is 0.530. The van der Waals surface area contributed by atoms with Crippen LogP contribution in [-0.2, 0) is 9.47 Å². The monoisotopic (exact) mass is 148 g/mol. The van der Waals surface area contributed by atoms with E-state index in [4.69, 9.17) is 20.9 Å². The van der Waals surface area contributed by atoms with Gasteiger partial charge in [-0.1, -0.05) is 0 Å². The molecule has 4 N–H and O–H groups in total. The summed E-state index contributed by atoms with van der Waals surface area (Å²) in [5, 5.41) is 0. The van der Waals surface area contributed by atoms with E-state index in [1.165, 1.54) is 0 Å². The first kappa shape index (κ1) is 9.84. The number of methoxy groups -OCH3 is 1. The molecule has 0 aromatic carbocycles. The van der Waals surface area contributed by atoms with Crippen LogP contribution in [0.1, 0.15) is 0 Å². The lowest BCUT2D eigenvalue weighted by atomic mass is 10.4. The first-order valence-corrected chi connectivity index (χ1v) is 3.35. The van der Waals surface area contributed by atoms with Gasteiger partial charge in [-0.25, -0.2) is 0 Å². The molecule has 0 aliphatic rings. The Balaban J connectivity index is 3.09. The van der Waals surface area contributed by atoms with Crippen LogP contribution in [0.15, 0.2) is 0 Å². The molecule has 0 amide bonds. The molecule has 0 rings (SSSR count). The molecule has 0 bridgehead atoms. The number of hydrogen-bond donors (Lipinski definition) is 2. The van der Waals surface area contributed by atoms with Crippen molar-refractivity contribution in [3.63, 3.8) is 0 Å². The van der Waals surface area contributed by atoms with Gasteiger partial charge in [-0.3, -0.25) is 0 Å². The summed E-state index contributed by atoms with van der Waals surface area (Å²) in [5.74, 6) is 0. The van der Waals surface area contributed by atoms with Gasteiger partial charge < -0.3 is 20.9 Å². The highest BCUT2D eigenvalue weighted by Gasteiger charge is 2.01. The van der Waals surface area contributed by atoms with Gasteiger partial charge in [0.25, 0.3) is 0 Å². The lowest BCUT2D eigenvalue weighted by Gasteiger charge is -2.12. The second-order valence-corrected chi connectivity index (χ2v) is 1.96. The van der Waals surface area contributed by atoms with Crippen LogP contribution in [0.5, 0.6) is 0 Å². The molecule has 0 radical (unpaired) electrons. The Morgan fingerprint density at radius 3 is 2.20 bits per heavy atom. The van der Waals surface area contributed by atoms with E-state index in [9.17, 15) is 0 Å². The highest BCUT2D eigenvalue weighted by molar-refractivity contribution is 4.57. The predicted molar refractivity (Wildman–Crippen MR) is 39.7 cm³/mol. The standard InChI is InChI=1S/C6H16N2O2/c1-9-2-3-10-6(4-7)5-8/h6H,2-5,7-8H2,1H3. The molecule has 10 heavy (non-hydrogen) atoms. The molecule has 4 nitrogen and oxygen atoms in total. The smallest absolute Gasteiger partial charge is 0.0820 e. The van der Waals surface area contributed by atoms with Gasteiger partial charge in [0.05, 0.1) is 19.3 Å². The molecule has 0 saturated heterocycles. The van der Waals surface area contributed by atoms with Crippen LogP contribution in [0.2, 0.25) is 0 Å². The van der Waals surface area contributed by atoms with Crippen molar-refractivity contribution in [1.82, 2.24) is 0 Å². The Kier molecular flexibility index (Phi) is 6.84. The average molecular weight is 148 g/mol. The molecular formula is C6H16N2O2. The Morgan fingerprint density at radius 2 is 1.80 bits per heavy atom. The highest BCUT2D eigenvalue weighted by Crippen LogP contribution is 1.85. The maximum absolute atomic E-state index is 5.32. The minimum Gasteiger partial charge on any atom is -0.382 e. The first-order valence-electron chi connectivity index (χ1n) is 3.35. The van der Waals surface area contributed by atoms with Crippen molar-refractivity contribution in [1.29, 1.82) is 0 Å². The summed E-state index contributed by atoms with van der Waals surface area (Å²) in [7, 11) is 1.63. The maximum atomic E-state index is 5.32. The number of hydrogen-bond acceptors (Lipinski definition) is 4. The summed E-state index contributed by atoms with van der Waals surface area (Å²) < 4.78 is 9.98. The predicted octanol–water partition coefficient (Wildman–Crippen LogP) is -1.06. The van der Waals surface area contributed by atoms with Gasteiger partial charge in [-0.05, 0) is 0 Å². The molecule has 0 unspecified atom stereocenters. The average Bonchev–Trinajstić information content (AvgIpc) is 1.99. The molecule has 0 saturated carbocycles. The van der Waals surface area contributed by atoms with Gasteiger partial charge in [0.1, 0.15) is 0 Å². The van der Waals surface area contributed by atoms with Gasteiger partial charge in [0, 0.05) is 20.2 Å². The van der Waals surface area contributed by atoms with Crippen molar-refractivity contribution in [2.24, 2.45) is 11.5 Å². The van der Waals surface area contributed by atoms with Crippen LogP contribution < -0.4 is 11.5 Å². The maximum Gasteiger partial charge on any atom is 0.0820 e. The molecule has 0 aliphatic carbocycles. The van der Waals surface area contributed by atoms with Crippen LogP contribution in [-0.4, -0.2) is 39.5 Å². The zero-order valence-electron chi connectivity index (χ0n) is 6.38. The topological polar surface area (TPSA) is 70.5 Å². The second kappa shape index (κ2) is 6.95. The largest absolute Gasteiger partial charge is 0.382 e. The highest BCUT2D eigenvalue weighted by atomic mass is 16.5. The quantitative estimate of drug-likeness (QED) is 0.471. The summed E-state index contributed by atoms with van der Waals surface area (Å²) in [4.78, 5) is 0.